The number of hydrogen-bond donors (Lipinski definition) is 2. The molecule has 3 aromatic heterocycles. The van der Waals surface area contributed by atoms with E-state index >= 15 is 0 Å². The van der Waals surface area contributed by atoms with Gasteiger partial charge in [-0.1, -0.05) is 6.07 Å². The van der Waals surface area contributed by atoms with Gasteiger partial charge in [-0.2, -0.15) is 0 Å². The minimum Gasteiger partial charge on any atom is -0.395 e. The van der Waals surface area contributed by atoms with Crippen LogP contribution < -0.4 is 5.32 Å². The first-order chi connectivity index (χ1) is 14.1. The topological polar surface area (TPSA) is 66.2 Å². The highest BCUT2D eigenvalue weighted by molar-refractivity contribution is 7.80. The number of β-amino-alcohol motifs (C(OH)–C–C–N with tert-alkyl or cyclic N) is 1. The van der Waals surface area contributed by atoms with E-state index in [1.54, 1.807) is 6.20 Å². The molecule has 1 saturated heterocycles. The molecule has 3 aromatic rings. The van der Waals surface area contributed by atoms with Gasteiger partial charge in [0.1, 0.15) is 0 Å². The second kappa shape index (κ2) is 8.31. The molecule has 0 aromatic carbocycles. The lowest BCUT2D eigenvalue weighted by atomic mass is 9.97. The fourth-order valence-electron chi connectivity index (χ4n) is 4.13. The van der Waals surface area contributed by atoms with Gasteiger partial charge in [-0.15, -0.1) is 0 Å². The molecule has 0 radical (unpaired) electrons. The summed E-state index contributed by atoms with van der Waals surface area (Å²) in [6.07, 6.45) is 5.45. The maximum Gasteiger partial charge on any atom is 0.170 e. The number of nitrogens with zero attached hydrogens (tertiary/aromatic N) is 4. The second-order valence-corrected chi connectivity index (χ2v) is 7.70. The Morgan fingerprint density at radius 3 is 2.62 bits per heavy atom. The summed E-state index contributed by atoms with van der Waals surface area (Å²) in [6, 6.07) is 12.2. The molecule has 1 aliphatic heterocycles. The maximum atomic E-state index is 9.63. The molecule has 4 heterocycles. The minimum atomic E-state index is -0.0647. The van der Waals surface area contributed by atoms with Crippen LogP contribution in [0.4, 0.5) is 0 Å². The third-order valence-corrected chi connectivity index (χ3v) is 5.91. The summed E-state index contributed by atoms with van der Waals surface area (Å²) in [5, 5.41) is 13.7. The van der Waals surface area contributed by atoms with E-state index in [0.29, 0.717) is 11.7 Å². The van der Waals surface area contributed by atoms with Gasteiger partial charge in [-0.3, -0.25) is 9.97 Å². The largest absolute Gasteiger partial charge is 0.395 e. The number of pyridine rings is 2. The van der Waals surface area contributed by atoms with E-state index in [2.05, 4.69) is 44.7 Å². The highest BCUT2D eigenvalue weighted by Gasteiger charge is 2.40. The molecule has 0 saturated carbocycles. The van der Waals surface area contributed by atoms with E-state index < -0.39 is 0 Å². The number of aromatic nitrogens is 3. The summed E-state index contributed by atoms with van der Waals surface area (Å²) in [6.45, 7) is 5.60. The predicted molar refractivity (Wildman–Crippen MR) is 116 cm³/mol. The zero-order valence-corrected chi connectivity index (χ0v) is 17.4. The fraction of sp³-hybridized carbons (Fsp3) is 0.318. The van der Waals surface area contributed by atoms with Crippen molar-refractivity contribution < 1.29 is 5.11 Å². The van der Waals surface area contributed by atoms with Gasteiger partial charge in [-0.25, -0.2) is 0 Å². The number of aryl methyl sites for hydroxylation is 1. The summed E-state index contributed by atoms with van der Waals surface area (Å²) < 4.78 is 2.32. The maximum absolute atomic E-state index is 9.63. The van der Waals surface area contributed by atoms with Crippen LogP contribution in [0.1, 0.15) is 40.3 Å². The standard InChI is InChI=1S/C22H25N5OS/c1-15-13-18(16(2)27(15)14-17-6-9-23-10-7-17)21-20(19-5-3-4-8-24-19)25-22(29)26(21)11-12-28/h3-10,13,20-21,28H,11-12,14H2,1-2H3,(H,25,29)/t20-,21+/m1/s1. The van der Waals surface area contributed by atoms with Crippen LogP contribution in [0, 0.1) is 13.8 Å². The Bertz CT molecular complexity index is 989. The molecule has 0 spiro atoms. The Morgan fingerprint density at radius 1 is 1.14 bits per heavy atom. The Labute approximate surface area is 176 Å². The van der Waals surface area contributed by atoms with Crippen LogP contribution in [-0.4, -0.2) is 42.8 Å². The molecule has 2 N–H and O–H groups in total. The van der Waals surface area contributed by atoms with Gasteiger partial charge in [0.2, 0.25) is 0 Å². The number of aliphatic hydroxyl groups excluding tert-OH is 1. The Kier molecular flexibility index (Phi) is 5.60. The lowest BCUT2D eigenvalue weighted by Crippen LogP contribution is -2.32. The van der Waals surface area contributed by atoms with E-state index in [-0.39, 0.29) is 18.7 Å². The molecule has 0 bridgehead atoms. The number of aliphatic hydroxyl groups is 1. The van der Waals surface area contributed by atoms with Gasteiger partial charge in [-0.05, 0) is 67.5 Å². The van der Waals surface area contributed by atoms with E-state index in [1.165, 1.54) is 22.5 Å². The number of nitrogens with one attached hydrogen (secondary N) is 1. The minimum absolute atomic E-state index is 0.0260. The van der Waals surface area contributed by atoms with Crippen LogP contribution in [0.5, 0.6) is 0 Å². The molecule has 1 fully saturated rings. The molecular formula is C22H25N5OS. The van der Waals surface area contributed by atoms with Crippen molar-refractivity contribution in [2.45, 2.75) is 32.5 Å². The first kappa shape index (κ1) is 19.5. The van der Waals surface area contributed by atoms with Crippen molar-refractivity contribution in [1.82, 2.24) is 24.8 Å². The third-order valence-electron chi connectivity index (χ3n) is 5.56. The first-order valence-corrected chi connectivity index (χ1v) is 10.2. The van der Waals surface area contributed by atoms with Gasteiger partial charge >= 0.3 is 0 Å². The quantitative estimate of drug-likeness (QED) is 0.613. The number of rotatable bonds is 6. The first-order valence-electron chi connectivity index (χ1n) is 9.74. The zero-order chi connectivity index (χ0) is 20.4. The van der Waals surface area contributed by atoms with Crippen LogP contribution in [-0.2, 0) is 6.54 Å². The SMILES string of the molecule is Cc1cc([C@H]2[C@@H](c3ccccn3)NC(=S)N2CCO)c(C)n1Cc1ccncc1. The molecule has 7 heteroatoms. The van der Waals surface area contributed by atoms with Crippen molar-refractivity contribution in [3.8, 4) is 0 Å². The fourth-order valence-corrected chi connectivity index (χ4v) is 4.47. The van der Waals surface area contributed by atoms with E-state index in [1.807, 2.05) is 42.7 Å². The zero-order valence-electron chi connectivity index (χ0n) is 16.6. The summed E-state index contributed by atoms with van der Waals surface area (Å²) in [7, 11) is 0. The summed E-state index contributed by atoms with van der Waals surface area (Å²) in [5.74, 6) is 0. The Hall–Kier alpha value is -2.77. The monoisotopic (exact) mass is 407 g/mol. The average Bonchev–Trinajstić information content (AvgIpc) is 3.21. The van der Waals surface area contributed by atoms with Crippen LogP contribution in [0.2, 0.25) is 0 Å². The third kappa shape index (κ3) is 3.75. The summed E-state index contributed by atoms with van der Waals surface area (Å²) >= 11 is 5.61. The van der Waals surface area contributed by atoms with Crippen molar-refractivity contribution in [3.05, 3.63) is 83.2 Å². The van der Waals surface area contributed by atoms with Crippen molar-refractivity contribution in [3.63, 3.8) is 0 Å². The molecular weight excluding hydrogens is 382 g/mol. The van der Waals surface area contributed by atoms with Gasteiger partial charge in [0.25, 0.3) is 0 Å². The lowest BCUT2D eigenvalue weighted by molar-refractivity contribution is 0.222. The van der Waals surface area contributed by atoms with Gasteiger partial charge in [0.15, 0.2) is 5.11 Å². The van der Waals surface area contributed by atoms with Crippen molar-refractivity contribution in [2.75, 3.05) is 13.2 Å². The van der Waals surface area contributed by atoms with Crippen LogP contribution in [0.15, 0.2) is 55.0 Å². The molecule has 150 valence electrons. The molecule has 2 atom stereocenters. The molecule has 4 rings (SSSR count). The molecule has 0 aliphatic carbocycles. The molecule has 0 unspecified atom stereocenters. The van der Waals surface area contributed by atoms with Crippen molar-refractivity contribution >= 4 is 17.3 Å². The number of hydrogen-bond acceptors (Lipinski definition) is 4. The lowest BCUT2D eigenvalue weighted by Gasteiger charge is -2.27. The smallest absolute Gasteiger partial charge is 0.170 e. The molecule has 29 heavy (non-hydrogen) atoms. The predicted octanol–water partition coefficient (Wildman–Crippen LogP) is 2.91. The Balaban J connectivity index is 1.75. The average molecular weight is 408 g/mol. The molecule has 6 nitrogen and oxygen atoms in total. The highest BCUT2D eigenvalue weighted by atomic mass is 32.1. The van der Waals surface area contributed by atoms with E-state index in [9.17, 15) is 5.11 Å². The Morgan fingerprint density at radius 2 is 1.93 bits per heavy atom. The van der Waals surface area contributed by atoms with Crippen LogP contribution in [0.3, 0.4) is 0 Å². The summed E-state index contributed by atoms with van der Waals surface area (Å²) in [5.41, 5.74) is 5.74. The molecule has 1 aliphatic rings. The highest BCUT2D eigenvalue weighted by Crippen LogP contribution is 2.40. The molecule has 0 amide bonds. The van der Waals surface area contributed by atoms with E-state index in [4.69, 9.17) is 12.2 Å². The van der Waals surface area contributed by atoms with Crippen molar-refractivity contribution in [2.24, 2.45) is 0 Å². The number of thiocarbonyl (C=S) groups is 1. The normalized spacial score (nSPS) is 18.9. The van der Waals surface area contributed by atoms with E-state index in [0.717, 1.165) is 12.2 Å². The second-order valence-electron chi connectivity index (χ2n) is 7.31. The van der Waals surface area contributed by atoms with Crippen molar-refractivity contribution in [1.29, 1.82) is 0 Å². The van der Waals surface area contributed by atoms with Gasteiger partial charge < -0.3 is 19.9 Å². The summed E-state index contributed by atoms with van der Waals surface area (Å²) in [4.78, 5) is 10.8. The van der Waals surface area contributed by atoms with Crippen LogP contribution in [0.25, 0.3) is 0 Å². The van der Waals surface area contributed by atoms with Gasteiger partial charge in [0.05, 0.1) is 24.4 Å². The van der Waals surface area contributed by atoms with Crippen LogP contribution >= 0.6 is 12.2 Å². The van der Waals surface area contributed by atoms with Gasteiger partial charge in [0, 0.05) is 43.1 Å².